The number of aliphatic imine (C=N–C) groups is 1. The molecule has 2 rings (SSSR count). The smallest absolute Gasteiger partial charge is 0.194 e. The largest absolute Gasteiger partial charge is 0.391 e. The van der Waals surface area contributed by atoms with Crippen molar-refractivity contribution in [1.82, 2.24) is 15.1 Å². The first kappa shape index (κ1) is 17.5. The lowest BCUT2D eigenvalue weighted by molar-refractivity contribution is 0.140. The topological polar surface area (TPSA) is 51.1 Å². The molecule has 0 amide bonds. The molecule has 2 fully saturated rings. The lowest BCUT2D eigenvalue weighted by Crippen LogP contribution is -2.41. The zero-order chi connectivity index (χ0) is 15.9. The first-order valence-electron chi connectivity index (χ1n) is 9.02. The Morgan fingerprint density at radius 2 is 1.95 bits per heavy atom. The van der Waals surface area contributed by atoms with Crippen LogP contribution in [0.25, 0.3) is 0 Å². The molecule has 2 saturated heterocycles. The average molecular weight is 310 g/mol. The van der Waals surface area contributed by atoms with Crippen LogP contribution in [0.15, 0.2) is 4.99 Å². The predicted octanol–water partition coefficient (Wildman–Crippen LogP) is 1.39. The summed E-state index contributed by atoms with van der Waals surface area (Å²) >= 11 is 0. The molecule has 0 spiro atoms. The Labute approximate surface area is 135 Å². The van der Waals surface area contributed by atoms with E-state index in [1.165, 1.54) is 19.5 Å². The summed E-state index contributed by atoms with van der Waals surface area (Å²) in [5.41, 5.74) is 0. The van der Waals surface area contributed by atoms with Crippen molar-refractivity contribution in [2.75, 3.05) is 45.8 Å². The van der Waals surface area contributed by atoms with E-state index in [-0.39, 0.29) is 6.10 Å². The zero-order valence-electron chi connectivity index (χ0n) is 14.6. The minimum atomic E-state index is -0.194. The van der Waals surface area contributed by atoms with Crippen LogP contribution in [0.3, 0.4) is 0 Å². The molecular weight excluding hydrogens is 276 g/mol. The van der Waals surface area contributed by atoms with Gasteiger partial charge in [-0.3, -0.25) is 4.99 Å². The van der Waals surface area contributed by atoms with Crippen LogP contribution < -0.4 is 5.32 Å². The van der Waals surface area contributed by atoms with E-state index in [1.807, 2.05) is 0 Å². The van der Waals surface area contributed by atoms with E-state index in [2.05, 4.69) is 35.9 Å². The number of hydrogen-bond donors (Lipinski definition) is 2. The van der Waals surface area contributed by atoms with Gasteiger partial charge in [-0.25, -0.2) is 0 Å². The van der Waals surface area contributed by atoms with E-state index in [0.29, 0.717) is 6.54 Å². The first-order valence-corrected chi connectivity index (χ1v) is 9.02. The number of aliphatic hydroxyl groups is 1. The van der Waals surface area contributed by atoms with Crippen LogP contribution in [0.4, 0.5) is 0 Å². The number of aliphatic hydroxyl groups excluding tert-OH is 1. The molecule has 0 aromatic heterocycles. The molecule has 2 N–H and O–H groups in total. The second-order valence-electron chi connectivity index (χ2n) is 7.18. The van der Waals surface area contributed by atoms with Crippen molar-refractivity contribution in [2.45, 2.75) is 46.1 Å². The Hall–Kier alpha value is -0.810. The number of likely N-dealkylation sites (tertiary alicyclic amines) is 2. The molecule has 5 nitrogen and oxygen atoms in total. The Bertz CT molecular complexity index is 351. The van der Waals surface area contributed by atoms with E-state index in [4.69, 9.17) is 4.99 Å². The molecule has 5 heteroatoms. The van der Waals surface area contributed by atoms with Gasteiger partial charge in [0, 0.05) is 39.3 Å². The Balaban J connectivity index is 1.74. The molecule has 0 radical (unpaired) electrons. The number of hydrogen-bond acceptors (Lipinski definition) is 3. The summed E-state index contributed by atoms with van der Waals surface area (Å²) in [5, 5.41) is 13.0. The van der Waals surface area contributed by atoms with Gasteiger partial charge in [0.15, 0.2) is 5.96 Å². The fraction of sp³-hybridized carbons (Fsp3) is 0.941. The van der Waals surface area contributed by atoms with Crippen LogP contribution in [-0.4, -0.2) is 72.8 Å². The molecule has 3 atom stereocenters. The molecule has 2 unspecified atom stereocenters. The minimum absolute atomic E-state index is 0.194. The number of piperidine rings is 1. The maximum absolute atomic E-state index is 9.68. The maximum atomic E-state index is 9.68. The molecule has 128 valence electrons. The lowest BCUT2D eigenvalue weighted by atomic mass is 9.92. The van der Waals surface area contributed by atoms with E-state index < -0.39 is 0 Å². The molecule has 2 heterocycles. The molecule has 2 aliphatic heterocycles. The van der Waals surface area contributed by atoms with Crippen molar-refractivity contribution in [3.63, 3.8) is 0 Å². The van der Waals surface area contributed by atoms with Crippen molar-refractivity contribution in [2.24, 2.45) is 16.8 Å². The van der Waals surface area contributed by atoms with Crippen LogP contribution in [-0.2, 0) is 0 Å². The number of nitrogens with one attached hydrogen (secondary N) is 1. The fourth-order valence-electron chi connectivity index (χ4n) is 3.81. The second-order valence-corrected chi connectivity index (χ2v) is 7.18. The minimum Gasteiger partial charge on any atom is -0.391 e. The Morgan fingerprint density at radius 1 is 1.23 bits per heavy atom. The van der Waals surface area contributed by atoms with Gasteiger partial charge in [-0.1, -0.05) is 13.8 Å². The Morgan fingerprint density at radius 3 is 2.55 bits per heavy atom. The van der Waals surface area contributed by atoms with Gasteiger partial charge >= 0.3 is 0 Å². The van der Waals surface area contributed by atoms with Gasteiger partial charge in [0.05, 0.1) is 6.10 Å². The average Bonchev–Trinajstić information content (AvgIpc) is 2.88. The third-order valence-corrected chi connectivity index (χ3v) is 4.64. The van der Waals surface area contributed by atoms with Gasteiger partial charge in [0.25, 0.3) is 0 Å². The summed E-state index contributed by atoms with van der Waals surface area (Å²) in [6, 6.07) is 0. The fourth-order valence-corrected chi connectivity index (χ4v) is 3.81. The van der Waals surface area contributed by atoms with Crippen LogP contribution >= 0.6 is 0 Å². The van der Waals surface area contributed by atoms with Crippen LogP contribution in [0.5, 0.6) is 0 Å². The quantitative estimate of drug-likeness (QED) is 0.458. The van der Waals surface area contributed by atoms with E-state index >= 15 is 0 Å². The zero-order valence-corrected chi connectivity index (χ0v) is 14.6. The highest BCUT2D eigenvalue weighted by Crippen LogP contribution is 2.20. The van der Waals surface area contributed by atoms with Gasteiger partial charge in [-0.05, 0) is 44.6 Å². The van der Waals surface area contributed by atoms with Gasteiger partial charge in [0.2, 0.25) is 0 Å². The van der Waals surface area contributed by atoms with Crippen molar-refractivity contribution in [3.8, 4) is 0 Å². The summed E-state index contributed by atoms with van der Waals surface area (Å²) in [5.74, 6) is 2.63. The highest BCUT2D eigenvalue weighted by atomic mass is 16.3. The summed E-state index contributed by atoms with van der Waals surface area (Å²) < 4.78 is 0. The molecule has 0 aromatic carbocycles. The molecule has 0 saturated carbocycles. The van der Waals surface area contributed by atoms with E-state index in [1.54, 1.807) is 0 Å². The molecule has 22 heavy (non-hydrogen) atoms. The number of rotatable bonds is 5. The maximum Gasteiger partial charge on any atom is 0.194 e. The number of guanidine groups is 1. The molecular formula is C17H34N4O. The molecule has 2 aliphatic rings. The number of β-amino-alcohol motifs (C(OH)–C–C–N with tert-alkyl or cyclic N) is 1. The second kappa shape index (κ2) is 8.73. The Kier molecular flexibility index (Phi) is 6.96. The summed E-state index contributed by atoms with van der Waals surface area (Å²) in [7, 11) is 0. The number of nitrogens with zero attached hydrogens (tertiary/aromatic N) is 3. The van der Waals surface area contributed by atoms with Gasteiger partial charge in [-0.2, -0.15) is 0 Å². The normalized spacial score (nSPS) is 30.8. The van der Waals surface area contributed by atoms with Crippen molar-refractivity contribution >= 4 is 5.96 Å². The van der Waals surface area contributed by atoms with Gasteiger partial charge < -0.3 is 20.2 Å². The van der Waals surface area contributed by atoms with Gasteiger partial charge in [-0.15, -0.1) is 0 Å². The third-order valence-electron chi connectivity index (χ3n) is 4.64. The summed E-state index contributed by atoms with van der Waals surface area (Å²) in [4.78, 5) is 9.52. The van der Waals surface area contributed by atoms with E-state index in [9.17, 15) is 5.11 Å². The van der Waals surface area contributed by atoms with Crippen LogP contribution in [0, 0.1) is 11.8 Å². The molecule has 0 aliphatic carbocycles. The SMILES string of the molecule is CCNC(=NCCCN1CC(C)CC(C)C1)N1CC[C@@H](O)C1. The van der Waals surface area contributed by atoms with Crippen molar-refractivity contribution < 1.29 is 5.11 Å². The first-order chi connectivity index (χ1) is 10.6. The third kappa shape index (κ3) is 5.43. The highest BCUT2D eigenvalue weighted by Gasteiger charge is 2.23. The monoisotopic (exact) mass is 310 g/mol. The lowest BCUT2D eigenvalue weighted by Gasteiger charge is -2.34. The highest BCUT2D eigenvalue weighted by molar-refractivity contribution is 5.80. The molecule has 0 bridgehead atoms. The standard InChI is InChI=1S/C17H34N4O/c1-4-18-17(21-9-6-16(22)13-21)19-7-5-8-20-11-14(2)10-15(3)12-20/h14-16,22H,4-13H2,1-3H3,(H,18,19)/t14?,15?,16-/m1/s1. The predicted molar refractivity (Wildman–Crippen MR) is 92.2 cm³/mol. The molecule has 0 aromatic rings. The van der Waals surface area contributed by atoms with Crippen LogP contribution in [0.2, 0.25) is 0 Å². The van der Waals surface area contributed by atoms with Crippen LogP contribution in [0.1, 0.15) is 40.0 Å². The summed E-state index contributed by atoms with van der Waals surface area (Å²) in [6.07, 6.45) is 3.15. The van der Waals surface area contributed by atoms with Crippen molar-refractivity contribution in [3.05, 3.63) is 0 Å². The van der Waals surface area contributed by atoms with Crippen molar-refractivity contribution in [1.29, 1.82) is 0 Å². The van der Waals surface area contributed by atoms with Gasteiger partial charge in [0.1, 0.15) is 0 Å². The summed E-state index contributed by atoms with van der Waals surface area (Å²) in [6.45, 7) is 13.8. The van der Waals surface area contributed by atoms with E-state index in [0.717, 1.165) is 56.8 Å².